The highest BCUT2D eigenvalue weighted by Gasteiger charge is 2.34. The van der Waals surface area contributed by atoms with Crippen LogP contribution in [0.4, 0.5) is 5.69 Å². The predicted octanol–water partition coefficient (Wildman–Crippen LogP) is 1.05. The summed E-state index contributed by atoms with van der Waals surface area (Å²) in [5, 5.41) is 2.75. The van der Waals surface area contributed by atoms with Gasteiger partial charge in [-0.1, -0.05) is 13.3 Å². The lowest BCUT2D eigenvalue weighted by atomic mass is 10.1. The van der Waals surface area contributed by atoms with Gasteiger partial charge in [-0.3, -0.25) is 9.59 Å². The van der Waals surface area contributed by atoms with Gasteiger partial charge >= 0.3 is 0 Å². The zero-order valence-electron chi connectivity index (χ0n) is 14.4. The number of amides is 2. The minimum absolute atomic E-state index is 0.151. The van der Waals surface area contributed by atoms with Crippen LogP contribution in [0.2, 0.25) is 0 Å². The molecule has 1 aliphatic heterocycles. The molecule has 0 aliphatic carbocycles. The Bertz CT molecular complexity index is 583. The van der Waals surface area contributed by atoms with E-state index in [-0.39, 0.29) is 11.8 Å². The minimum Gasteiger partial charge on any atom is -0.497 e. The standard InChI is InChI=1S/C17H25N3O4/c1-4-5-14(18)16(21)19-15-6-7-20(17(15)22)11-8-12(23-2)10-13(9-11)24-3/h8-10,14-15H,4-7,18H2,1-3H3,(H,19,21). The van der Waals surface area contributed by atoms with E-state index in [9.17, 15) is 9.59 Å². The SMILES string of the molecule is CCCC(N)C(=O)NC1CCN(c2cc(OC)cc(OC)c2)C1=O. The fourth-order valence-corrected chi connectivity index (χ4v) is 2.74. The van der Waals surface area contributed by atoms with Crippen LogP contribution in [-0.2, 0) is 9.59 Å². The molecule has 1 aromatic carbocycles. The molecule has 1 saturated heterocycles. The summed E-state index contributed by atoms with van der Waals surface area (Å²) in [6.45, 7) is 2.48. The molecule has 2 atom stereocenters. The molecule has 1 aliphatic rings. The maximum absolute atomic E-state index is 12.6. The average molecular weight is 335 g/mol. The zero-order valence-corrected chi connectivity index (χ0v) is 14.4. The lowest BCUT2D eigenvalue weighted by Crippen LogP contribution is -2.48. The molecule has 1 heterocycles. The summed E-state index contributed by atoms with van der Waals surface area (Å²) < 4.78 is 10.5. The van der Waals surface area contributed by atoms with Crippen LogP contribution < -0.4 is 25.4 Å². The van der Waals surface area contributed by atoms with Gasteiger partial charge in [-0.15, -0.1) is 0 Å². The number of rotatable bonds is 7. The number of carbonyl (C=O) groups excluding carboxylic acids is 2. The van der Waals surface area contributed by atoms with Crippen molar-refractivity contribution in [2.45, 2.75) is 38.3 Å². The summed E-state index contributed by atoms with van der Waals surface area (Å²) in [6.07, 6.45) is 1.97. The maximum Gasteiger partial charge on any atom is 0.249 e. The van der Waals surface area contributed by atoms with Crippen LogP contribution >= 0.6 is 0 Å². The number of nitrogens with two attached hydrogens (primary N) is 1. The number of nitrogens with one attached hydrogen (secondary N) is 1. The van der Waals surface area contributed by atoms with Crippen LogP contribution in [0, 0.1) is 0 Å². The molecular formula is C17H25N3O4. The predicted molar refractivity (Wildman–Crippen MR) is 91.3 cm³/mol. The first-order chi connectivity index (χ1) is 11.5. The normalized spacial score (nSPS) is 18.4. The van der Waals surface area contributed by atoms with Crippen molar-refractivity contribution in [1.29, 1.82) is 0 Å². The van der Waals surface area contributed by atoms with Gasteiger partial charge in [0.15, 0.2) is 0 Å². The van der Waals surface area contributed by atoms with Crippen LogP contribution in [0.5, 0.6) is 11.5 Å². The van der Waals surface area contributed by atoms with E-state index in [4.69, 9.17) is 15.2 Å². The molecule has 2 rings (SSSR count). The fourth-order valence-electron chi connectivity index (χ4n) is 2.74. The summed E-state index contributed by atoms with van der Waals surface area (Å²) in [4.78, 5) is 26.3. The van der Waals surface area contributed by atoms with E-state index >= 15 is 0 Å². The van der Waals surface area contributed by atoms with Crippen molar-refractivity contribution in [2.75, 3.05) is 25.7 Å². The van der Waals surface area contributed by atoms with Crippen LogP contribution in [0.25, 0.3) is 0 Å². The van der Waals surface area contributed by atoms with Gasteiger partial charge in [0.1, 0.15) is 17.5 Å². The smallest absolute Gasteiger partial charge is 0.249 e. The lowest BCUT2D eigenvalue weighted by molar-refractivity contribution is -0.127. The molecule has 0 spiro atoms. The third-order valence-corrected chi connectivity index (χ3v) is 4.11. The number of benzene rings is 1. The summed E-state index contributed by atoms with van der Waals surface area (Å²) in [5.74, 6) is 0.784. The number of methoxy groups -OCH3 is 2. The van der Waals surface area contributed by atoms with Crippen molar-refractivity contribution < 1.29 is 19.1 Å². The van der Waals surface area contributed by atoms with E-state index in [0.29, 0.717) is 36.6 Å². The lowest BCUT2D eigenvalue weighted by Gasteiger charge is -2.19. The first-order valence-electron chi connectivity index (χ1n) is 8.10. The molecule has 7 nitrogen and oxygen atoms in total. The van der Waals surface area contributed by atoms with Crippen molar-refractivity contribution >= 4 is 17.5 Å². The van der Waals surface area contributed by atoms with Gasteiger partial charge in [0.05, 0.1) is 25.9 Å². The van der Waals surface area contributed by atoms with Crippen molar-refractivity contribution in [2.24, 2.45) is 5.73 Å². The third kappa shape index (κ3) is 3.97. The van der Waals surface area contributed by atoms with Gasteiger partial charge in [0, 0.05) is 24.7 Å². The van der Waals surface area contributed by atoms with Gasteiger partial charge in [0.25, 0.3) is 0 Å². The molecule has 3 N–H and O–H groups in total. The highest BCUT2D eigenvalue weighted by atomic mass is 16.5. The summed E-state index contributed by atoms with van der Waals surface area (Å²) in [5.41, 5.74) is 6.49. The van der Waals surface area contributed by atoms with E-state index in [1.807, 2.05) is 6.92 Å². The van der Waals surface area contributed by atoms with E-state index in [1.54, 1.807) is 37.3 Å². The highest BCUT2D eigenvalue weighted by Crippen LogP contribution is 2.30. The second-order valence-corrected chi connectivity index (χ2v) is 5.81. The Kier molecular flexibility index (Phi) is 6.03. The monoisotopic (exact) mass is 335 g/mol. The molecule has 0 radical (unpaired) electrons. The third-order valence-electron chi connectivity index (χ3n) is 4.11. The number of hydrogen-bond donors (Lipinski definition) is 2. The minimum atomic E-state index is -0.575. The largest absolute Gasteiger partial charge is 0.497 e. The van der Waals surface area contributed by atoms with E-state index < -0.39 is 12.1 Å². The summed E-state index contributed by atoms with van der Waals surface area (Å²) in [7, 11) is 3.12. The van der Waals surface area contributed by atoms with Gasteiger partial charge in [0.2, 0.25) is 11.8 Å². The molecule has 7 heteroatoms. The Morgan fingerprint density at radius 3 is 2.50 bits per heavy atom. The fraction of sp³-hybridized carbons (Fsp3) is 0.529. The number of nitrogens with zero attached hydrogens (tertiary/aromatic N) is 1. The van der Waals surface area contributed by atoms with E-state index in [1.165, 1.54) is 0 Å². The summed E-state index contributed by atoms with van der Waals surface area (Å²) in [6, 6.07) is 4.17. The zero-order chi connectivity index (χ0) is 17.7. The van der Waals surface area contributed by atoms with Gasteiger partial charge in [-0.2, -0.15) is 0 Å². The van der Waals surface area contributed by atoms with Crippen molar-refractivity contribution in [1.82, 2.24) is 5.32 Å². The van der Waals surface area contributed by atoms with E-state index in [0.717, 1.165) is 6.42 Å². The molecule has 132 valence electrons. The first-order valence-corrected chi connectivity index (χ1v) is 8.10. The van der Waals surface area contributed by atoms with Crippen LogP contribution in [0.1, 0.15) is 26.2 Å². The average Bonchev–Trinajstić information content (AvgIpc) is 2.95. The second-order valence-electron chi connectivity index (χ2n) is 5.81. The quantitative estimate of drug-likeness (QED) is 0.777. The number of anilines is 1. The van der Waals surface area contributed by atoms with Crippen molar-refractivity contribution in [3.8, 4) is 11.5 Å². The number of hydrogen-bond acceptors (Lipinski definition) is 5. The van der Waals surface area contributed by atoms with Crippen molar-refractivity contribution in [3.63, 3.8) is 0 Å². The molecular weight excluding hydrogens is 310 g/mol. The molecule has 0 bridgehead atoms. The Morgan fingerprint density at radius 1 is 1.33 bits per heavy atom. The number of ether oxygens (including phenoxy) is 2. The molecule has 1 fully saturated rings. The maximum atomic E-state index is 12.6. The molecule has 1 aromatic rings. The van der Waals surface area contributed by atoms with Gasteiger partial charge in [-0.25, -0.2) is 0 Å². The molecule has 0 aromatic heterocycles. The first kappa shape index (κ1) is 18.1. The van der Waals surface area contributed by atoms with Crippen molar-refractivity contribution in [3.05, 3.63) is 18.2 Å². The van der Waals surface area contributed by atoms with Crippen LogP contribution in [-0.4, -0.2) is 44.7 Å². The highest BCUT2D eigenvalue weighted by molar-refractivity contribution is 6.02. The molecule has 24 heavy (non-hydrogen) atoms. The second kappa shape index (κ2) is 8.01. The summed E-state index contributed by atoms with van der Waals surface area (Å²) >= 11 is 0. The van der Waals surface area contributed by atoms with E-state index in [2.05, 4.69) is 5.32 Å². The van der Waals surface area contributed by atoms with Crippen LogP contribution in [0.15, 0.2) is 18.2 Å². The Hall–Kier alpha value is -2.28. The Labute approximate surface area is 142 Å². The molecule has 2 unspecified atom stereocenters. The number of carbonyl (C=O) groups is 2. The molecule has 0 saturated carbocycles. The van der Waals surface area contributed by atoms with Crippen LogP contribution in [0.3, 0.4) is 0 Å². The van der Waals surface area contributed by atoms with Gasteiger partial charge in [-0.05, 0) is 12.8 Å². The molecule has 2 amide bonds. The van der Waals surface area contributed by atoms with Gasteiger partial charge < -0.3 is 25.4 Å². The topological polar surface area (TPSA) is 93.9 Å². The Balaban J connectivity index is 2.10. The Morgan fingerprint density at radius 2 is 1.96 bits per heavy atom.